The van der Waals surface area contributed by atoms with Crippen LogP contribution in [0.5, 0.6) is 0 Å². The minimum Gasteiger partial charge on any atom is -0.324 e. The molecule has 0 heterocycles. The first-order chi connectivity index (χ1) is 4.68. The van der Waals surface area contributed by atoms with E-state index in [0.717, 1.165) is 19.3 Å². The number of rotatable bonds is 3. The minimum atomic E-state index is -0.0787. The quantitative estimate of drug-likeness (QED) is 0.590. The second-order valence-electron chi connectivity index (χ2n) is 2.60. The van der Waals surface area contributed by atoms with Crippen LogP contribution in [0.2, 0.25) is 0 Å². The molecule has 1 radical (unpaired) electrons. The zero-order valence-corrected chi connectivity index (χ0v) is 6.91. The van der Waals surface area contributed by atoms with Crippen LogP contribution in [0.3, 0.4) is 0 Å². The maximum absolute atomic E-state index is 5.95. The molecule has 0 bridgehead atoms. The standard InChI is InChI=1S/C9H16N/c1-4-7-8-9(10,5-2)6-3/h1,5-6,8,10H2,2-3H3. The summed E-state index contributed by atoms with van der Waals surface area (Å²) in [7, 11) is 0. The van der Waals surface area contributed by atoms with Crippen LogP contribution in [-0.4, -0.2) is 5.54 Å². The summed E-state index contributed by atoms with van der Waals surface area (Å²) in [4.78, 5) is 0. The van der Waals surface area contributed by atoms with Gasteiger partial charge in [0.15, 0.2) is 0 Å². The van der Waals surface area contributed by atoms with Gasteiger partial charge < -0.3 is 5.73 Å². The van der Waals surface area contributed by atoms with Gasteiger partial charge in [0.25, 0.3) is 0 Å². The van der Waals surface area contributed by atoms with Crippen molar-refractivity contribution >= 4 is 0 Å². The van der Waals surface area contributed by atoms with Crippen molar-refractivity contribution in [1.82, 2.24) is 0 Å². The van der Waals surface area contributed by atoms with Crippen molar-refractivity contribution in [2.75, 3.05) is 0 Å². The average molecular weight is 138 g/mol. The third kappa shape index (κ3) is 2.89. The molecule has 1 heteroatoms. The van der Waals surface area contributed by atoms with Crippen LogP contribution < -0.4 is 5.73 Å². The molecule has 0 aliphatic heterocycles. The van der Waals surface area contributed by atoms with E-state index in [9.17, 15) is 0 Å². The Morgan fingerprint density at radius 2 is 1.90 bits per heavy atom. The Bertz CT molecular complexity index is 135. The first kappa shape index (κ1) is 9.52. The molecular formula is C9H16N. The lowest BCUT2D eigenvalue weighted by Gasteiger charge is -2.23. The molecule has 0 spiro atoms. The minimum absolute atomic E-state index is 0.0787. The Labute approximate surface area is 64.0 Å². The predicted molar refractivity (Wildman–Crippen MR) is 45.3 cm³/mol. The van der Waals surface area contributed by atoms with Crippen molar-refractivity contribution in [3.05, 3.63) is 6.92 Å². The summed E-state index contributed by atoms with van der Waals surface area (Å²) in [6, 6.07) is 0. The van der Waals surface area contributed by atoms with Gasteiger partial charge in [-0.25, -0.2) is 0 Å². The lowest BCUT2D eigenvalue weighted by Crippen LogP contribution is -2.37. The zero-order valence-electron chi connectivity index (χ0n) is 6.91. The summed E-state index contributed by atoms with van der Waals surface area (Å²) in [5, 5.41) is 0. The van der Waals surface area contributed by atoms with Crippen LogP contribution in [-0.2, 0) is 0 Å². The molecule has 0 aliphatic rings. The SMILES string of the molecule is [CH2]C#CCC(N)(CC)CC. The van der Waals surface area contributed by atoms with Crippen LogP contribution in [0.25, 0.3) is 0 Å². The van der Waals surface area contributed by atoms with Crippen LogP contribution >= 0.6 is 0 Å². The largest absolute Gasteiger partial charge is 0.324 e. The van der Waals surface area contributed by atoms with Gasteiger partial charge in [-0.2, -0.15) is 0 Å². The highest BCUT2D eigenvalue weighted by Gasteiger charge is 2.17. The lowest BCUT2D eigenvalue weighted by atomic mass is 9.91. The average Bonchev–Trinajstić information content (AvgIpc) is 2.00. The molecule has 10 heavy (non-hydrogen) atoms. The molecule has 0 aromatic carbocycles. The fourth-order valence-corrected chi connectivity index (χ4v) is 0.739. The van der Waals surface area contributed by atoms with Crippen molar-refractivity contribution in [3.8, 4) is 11.8 Å². The monoisotopic (exact) mass is 138 g/mol. The van der Waals surface area contributed by atoms with E-state index in [4.69, 9.17) is 5.73 Å². The van der Waals surface area contributed by atoms with Crippen molar-refractivity contribution in [1.29, 1.82) is 0 Å². The van der Waals surface area contributed by atoms with Gasteiger partial charge in [-0.05, 0) is 12.8 Å². The Hall–Kier alpha value is -0.480. The van der Waals surface area contributed by atoms with E-state index < -0.39 is 0 Å². The van der Waals surface area contributed by atoms with Crippen LogP contribution in [0.4, 0.5) is 0 Å². The molecule has 0 saturated heterocycles. The molecule has 0 aliphatic carbocycles. The third-order valence-electron chi connectivity index (χ3n) is 1.97. The van der Waals surface area contributed by atoms with Gasteiger partial charge in [0.05, 0.1) is 0 Å². The van der Waals surface area contributed by atoms with Gasteiger partial charge in [-0.3, -0.25) is 0 Å². The summed E-state index contributed by atoms with van der Waals surface area (Å²) >= 11 is 0. The molecule has 0 amide bonds. The van der Waals surface area contributed by atoms with E-state index in [2.05, 4.69) is 32.6 Å². The van der Waals surface area contributed by atoms with Crippen LogP contribution in [0, 0.1) is 18.8 Å². The molecule has 0 aromatic heterocycles. The lowest BCUT2D eigenvalue weighted by molar-refractivity contribution is 0.406. The van der Waals surface area contributed by atoms with Gasteiger partial charge in [0.1, 0.15) is 0 Å². The molecule has 0 unspecified atom stereocenters. The third-order valence-corrected chi connectivity index (χ3v) is 1.97. The van der Waals surface area contributed by atoms with E-state index >= 15 is 0 Å². The number of hydrogen-bond donors (Lipinski definition) is 1. The summed E-state index contributed by atoms with van der Waals surface area (Å²) in [6.45, 7) is 7.62. The van der Waals surface area contributed by atoms with Gasteiger partial charge in [-0.15, -0.1) is 11.8 Å². The first-order valence-corrected chi connectivity index (χ1v) is 3.72. The van der Waals surface area contributed by atoms with Gasteiger partial charge in [-0.1, -0.05) is 13.8 Å². The fourth-order valence-electron chi connectivity index (χ4n) is 0.739. The number of hydrogen-bond acceptors (Lipinski definition) is 1. The van der Waals surface area contributed by atoms with Gasteiger partial charge >= 0.3 is 0 Å². The van der Waals surface area contributed by atoms with Crippen molar-refractivity contribution in [2.45, 2.75) is 38.6 Å². The fraction of sp³-hybridized carbons (Fsp3) is 0.667. The van der Waals surface area contributed by atoms with E-state index in [1.807, 2.05) is 0 Å². The molecule has 0 saturated carbocycles. The topological polar surface area (TPSA) is 26.0 Å². The van der Waals surface area contributed by atoms with E-state index in [1.165, 1.54) is 0 Å². The molecule has 0 atom stereocenters. The summed E-state index contributed by atoms with van der Waals surface area (Å²) in [5.41, 5.74) is 5.87. The van der Waals surface area contributed by atoms with E-state index in [-0.39, 0.29) is 5.54 Å². The first-order valence-electron chi connectivity index (χ1n) is 3.72. The maximum atomic E-state index is 5.95. The Balaban J connectivity index is 3.88. The van der Waals surface area contributed by atoms with Crippen LogP contribution in [0.1, 0.15) is 33.1 Å². The molecule has 0 rings (SSSR count). The summed E-state index contributed by atoms with van der Waals surface area (Å²) < 4.78 is 0. The molecule has 0 fully saturated rings. The van der Waals surface area contributed by atoms with Crippen LogP contribution in [0.15, 0.2) is 0 Å². The van der Waals surface area contributed by atoms with E-state index in [1.54, 1.807) is 0 Å². The molecule has 57 valence electrons. The smallest absolute Gasteiger partial charge is 0.0269 e. The zero-order chi connectivity index (χ0) is 8.04. The van der Waals surface area contributed by atoms with Gasteiger partial charge in [0.2, 0.25) is 0 Å². The molecule has 1 nitrogen and oxygen atoms in total. The van der Waals surface area contributed by atoms with Crippen molar-refractivity contribution < 1.29 is 0 Å². The van der Waals surface area contributed by atoms with Crippen molar-refractivity contribution in [3.63, 3.8) is 0 Å². The summed E-state index contributed by atoms with van der Waals surface area (Å²) in [5.74, 6) is 5.52. The molecular weight excluding hydrogens is 122 g/mol. The highest BCUT2D eigenvalue weighted by molar-refractivity contribution is 5.06. The second-order valence-corrected chi connectivity index (χ2v) is 2.60. The molecule has 2 N–H and O–H groups in total. The summed E-state index contributed by atoms with van der Waals surface area (Å²) in [6.07, 6.45) is 2.74. The maximum Gasteiger partial charge on any atom is 0.0269 e. The second kappa shape index (κ2) is 4.35. The highest BCUT2D eigenvalue weighted by atomic mass is 14.7. The van der Waals surface area contributed by atoms with Gasteiger partial charge in [0, 0.05) is 18.9 Å². The Morgan fingerprint density at radius 3 is 2.20 bits per heavy atom. The molecule has 0 aromatic rings. The van der Waals surface area contributed by atoms with E-state index in [0.29, 0.717) is 0 Å². The van der Waals surface area contributed by atoms with Crippen molar-refractivity contribution in [2.24, 2.45) is 5.73 Å². The number of nitrogens with two attached hydrogens (primary N) is 1. The Kier molecular flexibility index (Phi) is 4.14. The Morgan fingerprint density at radius 1 is 1.40 bits per heavy atom. The normalized spacial score (nSPS) is 10.4. The highest BCUT2D eigenvalue weighted by Crippen LogP contribution is 2.14. The predicted octanol–water partition coefficient (Wildman–Crippen LogP) is 1.73.